The fraction of sp³-hybridized carbons (Fsp3) is 0.700. The van der Waals surface area contributed by atoms with Gasteiger partial charge in [-0.25, -0.2) is 0 Å². The van der Waals surface area contributed by atoms with Crippen molar-refractivity contribution in [3.8, 4) is 0 Å². The highest BCUT2D eigenvalue weighted by Gasteiger charge is 2.40. The predicted octanol–water partition coefficient (Wildman–Crippen LogP) is 1.32. The monoisotopic (exact) mass is 180 g/mol. The van der Waals surface area contributed by atoms with Crippen molar-refractivity contribution in [3.63, 3.8) is 0 Å². The van der Waals surface area contributed by atoms with Crippen molar-refractivity contribution in [3.05, 3.63) is 18.0 Å². The molecule has 3 nitrogen and oxygen atoms in total. The minimum atomic E-state index is 0.0342. The molecule has 1 fully saturated rings. The first kappa shape index (κ1) is 8.75. The van der Waals surface area contributed by atoms with Crippen molar-refractivity contribution in [2.75, 3.05) is 6.61 Å². The molecule has 2 rings (SSSR count). The van der Waals surface area contributed by atoms with E-state index in [9.17, 15) is 5.11 Å². The van der Waals surface area contributed by atoms with Gasteiger partial charge in [-0.3, -0.25) is 4.68 Å². The summed E-state index contributed by atoms with van der Waals surface area (Å²) in [5.41, 5.74) is 1.25. The van der Waals surface area contributed by atoms with Gasteiger partial charge in [-0.1, -0.05) is 6.42 Å². The fourth-order valence-electron chi connectivity index (χ4n) is 2.13. The van der Waals surface area contributed by atoms with E-state index in [1.54, 1.807) is 0 Å². The van der Waals surface area contributed by atoms with Crippen LogP contribution in [0.5, 0.6) is 0 Å². The van der Waals surface area contributed by atoms with Gasteiger partial charge in [-0.2, -0.15) is 5.10 Å². The molecule has 0 aromatic carbocycles. The highest BCUT2D eigenvalue weighted by Crippen LogP contribution is 2.42. The summed E-state index contributed by atoms with van der Waals surface area (Å²) in [6, 6.07) is 2.04. The smallest absolute Gasteiger partial charge is 0.0542 e. The first-order valence-corrected chi connectivity index (χ1v) is 4.95. The third kappa shape index (κ3) is 1.18. The van der Waals surface area contributed by atoms with Crippen LogP contribution in [0.1, 0.15) is 31.9 Å². The van der Waals surface area contributed by atoms with Gasteiger partial charge in [0, 0.05) is 23.9 Å². The minimum Gasteiger partial charge on any atom is -0.395 e. The fourth-order valence-corrected chi connectivity index (χ4v) is 2.13. The van der Waals surface area contributed by atoms with Crippen molar-refractivity contribution in [2.24, 2.45) is 0 Å². The van der Waals surface area contributed by atoms with Gasteiger partial charge < -0.3 is 5.11 Å². The summed E-state index contributed by atoms with van der Waals surface area (Å²) in [5.74, 6) is 0. The Balaban J connectivity index is 2.32. The van der Waals surface area contributed by atoms with E-state index in [0.29, 0.717) is 0 Å². The first-order chi connectivity index (χ1) is 6.32. The molecular weight excluding hydrogens is 164 g/mol. The largest absolute Gasteiger partial charge is 0.395 e. The predicted molar refractivity (Wildman–Crippen MR) is 50.5 cm³/mol. The maximum absolute atomic E-state index is 9.39. The van der Waals surface area contributed by atoms with Crippen LogP contribution in [0.2, 0.25) is 0 Å². The number of rotatable bonds is 3. The standard InChI is InChI=1S/C10H16N2O/c1-2-12-9(4-7-11-12)10(8-13)5-3-6-10/h4,7,13H,2-3,5-6,8H2,1H3. The Morgan fingerprint density at radius 3 is 2.85 bits per heavy atom. The minimum absolute atomic E-state index is 0.0342. The summed E-state index contributed by atoms with van der Waals surface area (Å²) in [6.07, 6.45) is 5.27. The summed E-state index contributed by atoms with van der Waals surface area (Å²) < 4.78 is 2.00. The lowest BCUT2D eigenvalue weighted by molar-refractivity contribution is 0.111. The first-order valence-electron chi connectivity index (χ1n) is 4.95. The van der Waals surface area contributed by atoms with E-state index in [0.717, 1.165) is 19.4 Å². The van der Waals surface area contributed by atoms with Crippen LogP contribution in [0, 0.1) is 0 Å². The Hall–Kier alpha value is -0.830. The summed E-state index contributed by atoms with van der Waals surface area (Å²) in [4.78, 5) is 0. The molecule has 0 radical (unpaired) electrons. The normalized spacial score (nSPS) is 19.8. The third-order valence-corrected chi connectivity index (χ3v) is 3.17. The van der Waals surface area contributed by atoms with Crippen LogP contribution in [0.15, 0.2) is 12.3 Å². The molecule has 1 N–H and O–H groups in total. The second kappa shape index (κ2) is 3.14. The Morgan fingerprint density at radius 1 is 1.62 bits per heavy atom. The number of aliphatic hydroxyl groups is 1. The zero-order valence-electron chi connectivity index (χ0n) is 8.03. The topological polar surface area (TPSA) is 38.0 Å². The molecule has 1 aliphatic rings. The van der Waals surface area contributed by atoms with E-state index >= 15 is 0 Å². The van der Waals surface area contributed by atoms with Gasteiger partial charge in [0.2, 0.25) is 0 Å². The zero-order chi connectivity index (χ0) is 9.31. The lowest BCUT2D eigenvalue weighted by Gasteiger charge is -2.40. The van der Waals surface area contributed by atoms with E-state index in [2.05, 4.69) is 12.0 Å². The highest BCUT2D eigenvalue weighted by molar-refractivity contribution is 5.20. The average Bonchev–Trinajstić information content (AvgIpc) is 2.52. The van der Waals surface area contributed by atoms with Gasteiger partial charge in [0.15, 0.2) is 0 Å². The van der Waals surface area contributed by atoms with Gasteiger partial charge in [0.1, 0.15) is 0 Å². The molecule has 0 aliphatic heterocycles. The van der Waals surface area contributed by atoms with Gasteiger partial charge in [-0.05, 0) is 25.8 Å². The lowest BCUT2D eigenvalue weighted by atomic mass is 9.67. The Bertz CT molecular complexity index is 283. The zero-order valence-corrected chi connectivity index (χ0v) is 8.03. The van der Waals surface area contributed by atoms with Crippen molar-refractivity contribution in [2.45, 2.75) is 38.1 Å². The highest BCUT2D eigenvalue weighted by atomic mass is 16.3. The van der Waals surface area contributed by atoms with Crippen molar-refractivity contribution < 1.29 is 5.11 Å². The Morgan fingerprint density at radius 2 is 2.38 bits per heavy atom. The number of hydrogen-bond donors (Lipinski definition) is 1. The quantitative estimate of drug-likeness (QED) is 0.761. The van der Waals surface area contributed by atoms with Crippen LogP contribution in [-0.4, -0.2) is 21.5 Å². The molecule has 13 heavy (non-hydrogen) atoms. The molecule has 0 saturated heterocycles. The Labute approximate surface area is 78.4 Å². The van der Waals surface area contributed by atoms with Crippen LogP contribution in [0.25, 0.3) is 0 Å². The second-order valence-electron chi connectivity index (χ2n) is 3.82. The van der Waals surface area contributed by atoms with Gasteiger partial charge in [-0.15, -0.1) is 0 Å². The third-order valence-electron chi connectivity index (χ3n) is 3.17. The van der Waals surface area contributed by atoms with Crippen LogP contribution < -0.4 is 0 Å². The second-order valence-corrected chi connectivity index (χ2v) is 3.82. The number of aromatic nitrogens is 2. The Kier molecular flexibility index (Phi) is 2.12. The van der Waals surface area contributed by atoms with E-state index in [1.807, 2.05) is 16.9 Å². The molecule has 1 aromatic heterocycles. The molecule has 72 valence electrons. The molecule has 1 saturated carbocycles. The molecule has 0 atom stereocenters. The molecule has 0 unspecified atom stereocenters. The van der Waals surface area contributed by atoms with E-state index < -0.39 is 0 Å². The van der Waals surface area contributed by atoms with Gasteiger partial charge in [0.25, 0.3) is 0 Å². The maximum atomic E-state index is 9.39. The van der Waals surface area contributed by atoms with E-state index in [-0.39, 0.29) is 12.0 Å². The molecule has 0 bridgehead atoms. The van der Waals surface area contributed by atoms with E-state index in [1.165, 1.54) is 12.1 Å². The molecule has 0 amide bonds. The van der Waals surface area contributed by atoms with Crippen LogP contribution in [0.4, 0.5) is 0 Å². The average molecular weight is 180 g/mol. The number of aryl methyl sites for hydroxylation is 1. The molecule has 0 spiro atoms. The summed E-state index contributed by atoms with van der Waals surface area (Å²) >= 11 is 0. The summed E-state index contributed by atoms with van der Waals surface area (Å²) in [7, 11) is 0. The SMILES string of the molecule is CCn1nccc1C1(CO)CCC1. The van der Waals surface area contributed by atoms with Crippen molar-refractivity contribution >= 4 is 0 Å². The molecule has 1 heterocycles. The van der Waals surface area contributed by atoms with Crippen molar-refractivity contribution in [1.82, 2.24) is 9.78 Å². The molecule has 1 aromatic rings. The molecule has 3 heteroatoms. The molecular formula is C10H16N2O. The van der Waals surface area contributed by atoms with Crippen LogP contribution >= 0.6 is 0 Å². The van der Waals surface area contributed by atoms with Crippen LogP contribution in [0.3, 0.4) is 0 Å². The van der Waals surface area contributed by atoms with Gasteiger partial charge >= 0.3 is 0 Å². The maximum Gasteiger partial charge on any atom is 0.0542 e. The molecule has 1 aliphatic carbocycles. The van der Waals surface area contributed by atoms with Crippen LogP contribution in [-0.2, 0) is 12.0 Å². The lowest BCUT2D eigenvalue weighted by Crippen LogP contribution is -2.40. The van der Waals surface area contributed by atoms with E-state index in [4.69, 9.17) is 0 Å². The number of aliphatic hydroxyl groups excluding tert-OH is 1. The van der Waals surface area contributed by atoms with Crippen molar-refractivity contribution in [1.29, 1.82) is 0 Å². The summed E-state index contributed by atoms with van der Waals surface area (Å²) in [5, 5.41) is 13.6. The van der Waals surface area contributed by atoms with Gasteiger partial charge in [0.05, 0.1) is 6.61 Å². The number of hydrogen-bond acceptors (Lipinski definition) is 2. The summed E-state index contributed by atoms with van der Waals surface area (Å²) in [6.45, 7) is 3.24. The number of nitrogens with zero attached hydrogens (tertiary/aromatic N) is 2.